The van der Waals surface area contributed by atoms with Gasteiger partial charge in [0, 0.05) is 6.54 Å². The highest BCUT2D eigenvalue weighted by Gasteiger charge is 1.88. The second-order valence-corrected chi connectivity index (χ2v) is 2.47. The summed E-state index contributed by atoms with van der Waals surface area (Å²) in [5, 5.41) is 2.88. The lowest BCUT2D eigenvalue weighted by molar-refractivity contribution is 0.323. The molecule has 0 unspecified atom stereocenters. The van der Waals surface area contributed by atoms with Crippen LogP contribution in [0, 0.1) is 0 Å². The Balaban J connectivity index is 2.20. The maximum atomic E-state index is 5.38. The summed E-state index contributed by atoms with van der Waals surface area (Å²) < 4.78 is 5.38. The van der Waals surface area contributed by atoms with Crippen molar-refractivity contribution >= 4 is 17.7 Å². The fourth-order valence-corrected chi connectivity index (χ4v) is 0.921. The minimum atomic E-state index is 0.636. The highest BCUT2D eigenvalue weighted by Crippen LogP contribution is 2.07. The summed E-state index contributed by atoms with van der Waals surface area (Å²) in [5.41, 5.74) is 1.49. The fraction of sp³-hybridized carbons (Fsp3) is 0.222. The minimum absolute atomic E-state index is 0.636. The molecule has 1 aromatic rings. The van der Waals surface area contributed by atoms with E-state index < -0.39 is 0 Å². The van der Waals surface area contributed by atoms with Crippen LogP contribution in [-0.2, 0) is 0 Å². The van der Waals surface area contributed by atoms with Crippen LogP contribution in [0.5, 0.6) is 5.75 Å². The molecule has 12 heavy (non-hydrogen) atoms. The lowest BCUT2D eigenvalue weighted by atomic mass is 10.3. The van der Waals surface area contributed by atoms with E-state index in [2.05, 4.69) is 17.5 Å². The predicted molar refractivity (Wildman–Crippen MR) is 53.6 cm³/mol. The van der Waals surface area contributed by atoms with E-state index in [1.54, 1.807) is 0 Å². The van der Waals surface area contributed by atoms with E-state index >= 15 is 0 Å². The Morgan fingerprint density at radius 3 is 2.75 bits per heavy atom. The largest absolute Gasteiger partial charge is 0.492 e. The van der Waals surface area contributed by atoms with Gasteiger partial charge in [0.15, 0.2) is 0 Å². The van der Waals surface area contributed by atoms with Gasteiger partial charge in [0.05, 0.1) is 5.49 Å². The summed E-state index contributed by atoms with van der Waals surface area (Å²) in [6.45, 7) is 1.38. The Bertz CT molecular complexity index is 225. The summed E-state index contributed by atoms with van der Waals surface area (Å²) in [4.78, 5) is 0. The molecule has 0 aromatic heterocycles. The van der Waals surface area contributed by atoms with E-state index in [1.807, 2.05) is 30.3 Å². The molecule has 0 aliphatic heterocycles. The minimum Gasteiger partial charge on any atom is -0.492 e. The van der Waals surface area contributed by atoms with Crippen LogP contribution in [-0.4, -0.2) is 18.6 Å². The molecule has 0 bridgehead atoms. The quantitative estimate of drug-likeness (QED) is 0.551. The summed E-state index contributed by atoms with van der Waals surface area (Å²) in [6, 6.07) is 9.71. The molecule has 0 aliphatic carbocycles. The molecule has 0 radical (unpaired) electrons. The molecule has 2 nitrogen and oxygen atoms in total. The Labute approximate surface area is 77.5 Å². The van der Waals surface area contributed by atoms with Crippen molar-refractivity contribution in [2.45, 2.75) is 0 Å². The molecule has 0 spiro atoms. The molecule has 1 rings (SSSR count). The number of benzene rings is 1. The van der Waals surface area contributed by atoms with Crippen molar-refractivity contribution in [1.29, 1.82) is 0 Å². The fourth-order valence-electron chi connectivity index (χ4n) is 0.803. The molecule has 1 N–H and O–H groups in total. The third-order valence-electron chi connectivity index (χ3n) is 1.34. The molecule has 0 atom stereocenters. The zero-order valence-corrected chi connectivity index (χ0v) is 7.51. The summed E-state index contributed by atoms with van der Waals surface area (Å²) in [7, 11) is 0. The van der Waals surface area contributed by atoms with Crippen LogP contribution in [0.3, 0.4) is 0 Å². The number of nitrogens with one attached hydrogen (secondary N) is 1. The lowest BCUT2D eigenvalue weighted by Crippen LogP contribution is -2.18. The first kappa shape index (κ1) is 9.00. The number of rotatable bonds is 5. The molecule has 0 saturated carbocycles. The number of para-hydroxylation sites is 1. The first-order valence-corrected chi connectivity index (χ1v) is 4.25. The normalized spacial score (nSPS) is 9.00. The van der Waals surface area contributed by atoms with E-state index in [0.29, 0.717) is 6.61 Å². The third-order valence-corrected chi connectivity index (χ3v) is 1.51. The topological polar surface area (TPSA) is 21.3 Å². The van der Waals surface area contributed by atoms with Gasteiger partial charge in [-0.1, -0.05) is 30.4 Å². The van der Waals surface area contributed by atoms with E-state index in [9.17, 15) is 0 Å². The van der Waals surface area contributed by atoms with Gasteiger partial charge in [-0.2, -0.15) is 0 Å². The smallest absolute Gasteiger partial charge is 0.119 e. The van der Waals surface area contributed by atoms with Crippen LogP contribution in [0.25, 0.3) is 0 Å². The van der Waals surface area contributed by atoms with E-state index in [-0.39, 0.29) is 0 Å². The molecule has 64 valence electrons. The van der Waals surface area contributed by atoms with Gasteiger partial charge < -0.3 is 10.1 Å². The summed E-state index contributed by atoms with van der Waals surface area (Å²) >= 11 is 4.59. The molecule has 3 heteroatoms. The highest BCUT2D eigenvalue weighted by atomic mass is 32.1. The predicted octanol–water partition coefficient (Wildman–Crippen LogP) is 1.61. The van der Waals surface area contributed by atoms with Gasteiger partial charge in [-0.3, -0.25) is 0 Å². The summed E-state index contributed by atoms with van der Waals surface area (Å²) in [6.07, 6.45) is 0. The average Bonchev–Trinajstić information content (AvgIpc) is 2.14. The van der Waals surface area contributed by atoms with Gasteiger partial charge in [0.25, 0.3) is 0 Å². The van der Waals surface area contributed by atoms with Crippen LogP contribution in [0.4, 0.5) is 0 Å². The molecule has 0 fully saturated rings. The third kappa shape index (κ3) is 3.34. The second kappa shape index (κ2) is 5.55. The van der Waals surface area contributed by atoms with Crippen LogP contribution >= 0.6 is 12.2 Å². The molecule has 0 aliphatic rings. The van der Waals surface area contributed by atoms with Crippen molar-refractivity contribution in [3.05, 3.63) is 30.3 Å². The van der Waals surface area contributed by atoms with Crippen molar-refractivity contribution in [2.24, 2.45) is 0 Å². The summed E-state index contributed by atoms with van der Waals surface area (Å²) in [5.74, 6) is 0.892. The Morgan fingerprint density at radius 2 is 2.08 bits per heavy atom. The molecule has 1 aromatic carbocycles. The first-order chi connectivity index (χ1) is 5.93. The van der Waals surface area contributed by atoms with E-state index in [1.165, 1.54) is 5.49 Å². The first-order valence-electron chi connectivity index (χ1n) is 3.78. The number of ether oxygens (including phenoxy) is 1. The zero-order valence-electron chi connectivity index (χ0n) is 6.69. The number of thiocarbonyl (C=S) groups is 1. The SMILES string of the molecule is S=CNCCOc1ccccc1. The Hall–Kier alpha value is -1.09. The van der Waals surface area contributed by atoms with Crippen molar-refractivity contribution in [1.82, 2.24) is 5.32 Å². The Morgan fingerprint density at radius 1 is 1.33 bits per heavy atom. The zero-order chi connectivity index (χ0) is 8.65. The maximum absolute atomic E-state index is 5.38. The Kier molecular flexibility index (Phi) is 4.16. The number of hydrogen-bond acceptors (Lipinski definition) is 2. The molecular formula is C9H11NOS. The second-order valence-electron chi connectivity index (χ2n) is 2.23. The standard InChI is InChI=1S/C9H11NOS/c12-8-10-6-7-11-9-4-2-1-3-5-9/h1-5,8H,6-7H2,(H,10,12). The molecule has 0 amide bonds. The van der Waals surface area contributed by atoms with Gasteiger partial charge in [-0.05, 0) is 12.1 Å². The van der Waals surface area contributed by atoms with Gasteiger partial charge in [0.1, 0.15) is 12.4 Å². The maximum Gasteiger partial charge on any atom is 0.119 e. The van der Waals surface area contributed by atoms with E-state index in [4.69, 9.17) is 4.74 Å². The van der Waals surface area contributed by atoms with Crippen LogP contribution in [0.15, 0.2) is 30.3 Å². The van der Waals surface area contributed by atoms with Gasteiger partial charge >= 0.3 is 0 Å². The van der Waals surface area contributed by atoms with Crippen LogP contribution in [0.2, 0.25) is 0 Å². The van der Waals surface area contributed by atoms with Gasteiger partial charge in [-0.15, -0.1) is 0 Å². The van der Waals surface area contributed by atoms with Gasteiger partial charge in [0.2, 0.25) is 0 Å². The lowest BCUT2D eigenvalue weighted by Gasteiger charge is -2.04. The van der Waals surface area contributed by atoms with Gasteiger partial charge in [-0.25, -0.2) is 0 Å². The van der Waals surface area contributed by atoms with Crippen molar-refractivity contribution in [3.8, 4) is 5.75 Å². The average molecular weight is 181 g/mol. The molecular weight excluding hydrogens is 170 g/mol. The van der Waals surface area contributed by atoms with Crippen LogP contribution in [0.1, 0.15) is 0 Å². The van der Waals surface area contributed by atoms with Crippen molar-refractivity contribution < 1.29 is 4.74 Å². The molecule has 0 heterocycles. The van der Waals surface area contributed by atoms with E-state index in [0.717, 1.165) is 12.3 Å². The molecule has 0 saturated heterocycles. The van der Waals surface area contributed by atoms with Crippen molar-refractivity contribution in [3.63, 3.8) is 0 Å². The monoisotopic (exact) mass is 181 g/mol. The van der Waals surface area contributed by atoms with Crippen LogP contribution < -0.4 is 10.1 Å². The highest BCUT2D eigenvalue weighted by molar-refractivity contribution is 7.78. The number of hydrogen-bond donors (Lipinski definition) is 1. The van der Waals surface area contributed by atoms with Crippen molar-refractivity contribution in [2.75, 3.05) is 13.2 Å².